The molecule has 6 amide bonds. The van der Waals surface area contributed by atoms with Gasteiger partial charge in [-0.25, -0.2) is 9.59 Å². The molecule has 0 aliphatic rings. The predicted molar refractivity (Wildman–Crippen MR) is 303 cm³/mol. The van der Waals surface area contributed by atoms with Crippen LogP contribution < -0.4 is 31.9 Å². The molecule has 0 aromatic heterocycles. The molecule has 424 valence electrons. The largest absolute Gasteiger partial charge is 0.461 e. The van der Waals surface area contributed by atoms with Crippen molar-refractivity contribution in [3.05, 3.63) is 204 Å². The monoisotopic (exact) mass is 1120 g/mol. The van der Waals surface area contributed by atoms with Gasteiger partial charge in [0.2, 0.25) is 29.5 Å². The third-order valence-corrected chi connectivity index (χ3v) is 13.0. The Morgan fingerprint density at radius 1 is 0.337 bits per heavy atom. The Hall–Kier alpha value is -10.5. The molecule has 83 heavy (non-hydrogen) atoms. The van der Waals surface area contributed by atoms with Gasteiger partial charge in [0, 0.05) is 5.56 Å². The normalized spacial score (nSPS) is 12.0. The highest BCUT2D eigenvalue weighted by atomic mass is 16.5. The number of hydrogen-bond donors (Lipinski definition) is 6. The topological polar surface area (TPSA) is 280 Å². The van der Waals surface area contributed by atoms with Crippen molar-refractivity contribution in [2.75, 3.05) is 19.6 Å². The summed E-state index contributed by atoms with van der Waals surface area (Å²) in [4.78, 5) is 134. The molecule has 8 aromatic carbocycles. The van der Waals surface area contributed by atoms with Crippen molar-refractivity contribution in [3.8, 4) is 0 Å². The van der Waals surface area contributed by atoms with Gasteiger partial charge in [-0.05, 0) is 60.6 Å². The Bertz CT molecular complexity index is 3590. The summed E-state index contributed by atoms with van der Waals surface area (Å²) in [7, 11) is 0. The van der Waals surface area contributed by atoms with Crippen LogP contribution in [0, 0.1) is 0 Å². The first-order chi connectivity index (χ1) is 40.3. The van der Waals surface area contributed by atoms with Crippen molar-refractivity contribution >= 4 is 91.6 Å². The Morgan fingerprint density at radius 3 is 1.19 bits per heavy atom. The molecule has 8 rings (SSSR count). The first-order valence-electron chi connectivity index (χ1n) is 26.4. The SMILES string of the molecule is O=C(CC(NC(=O)CNC(=O)c1ccc2ccc3cccc4ccc1c2c34)C(=O)NCC(=O)NC(CC(=O)OCc1ccccc1)C(=O)OCc1ccccc1)NCC(=O)NC(CC(=O)OCc1ccccc1)C(=O)OCc1ccccc1. The second-order valence-corrected chi connectivity index (χ2v) is 19.1. The molecule has 20 nitrogen and oxygen atoms in total. The van der Waals surface area contributed by atoms with E-state index in [2.05, 4.69) is 31.9 Å². The summed E-state index contributed by atoms with van der Waals surface area (Å²) in [6.45, 7) is -2.95. The van der Waals surface area contributed by atoms with Crippen molar-refractivity contribution < 1.29 is 66.9 Å². The molecule has 0 saturated heterocycles. The maximum atomic E-state index is 13.9. The summed E-state index contributed by atoms with van der Waals surface area (Å²) in [5.41, 5.74) is 2.85. The fraction of sp³-hybridized carbons (Fsp3) is 0.206. The van der Waals surface area contributed by atoms with Crippen molar-refractivity contribution in [1.82, 2.24) is 31.9 Å². The molecular formula is C63H58N6O14. The number of esters is 4. The highest BCUT2D eigenvalue weighted by Gasteiger charge is 2.30. The van der Waals surface area contributed by atoms with Gasteiger partial charge in [-0.1, -0.05) is 170 Å². The second-order valence-electron chi connectivity index (χ2n) is 19.1. The molecule has 0 heterocycles. The van der Waals surface area contributed by atoms with Gasteiger partial charge in [0.15, 0.2) is 0 Å². The minimum atomic E-state index is -1.76. The molecule has 0 saturated carbocycles. The zero-order valence-corrected chi connectivity index (χ0v) is 44.8. The zero-order valence-electron chi connectivity index (χ0n) is 44.8. The van der Waals surface area contributed by atoms with Crippen LogP contribution in [0.5, 0.6) is 0 Å². The van der Waals surface area contributed by atoms with Gasteiger partial charge in [0.25, 0.3) is 5.91 Å². The molecule has 3 atom stereocenters. The highest BCUT2D eigenvalue weighted by Crippen LogP contribution is 2.36. The van der Waals surface area contributed by atoms with Gasteiger partial charge in [-0.2, -0.15) is 0 Å². The van der Waals surface area contributed by atoms with E-state index < -0.39 is 116 Å². The van der Waals surface area contributed by atoms with E-state index in [0.29, 0.717) is 27.6 Å². The summed E-state index contributed by atoms with van der Waals surface area (Å²) in [5.74, 6) is -9.22. The van der Waals surface area contributed by atoms with Crippen LogP contribution in [-0.4, -0.2) is 97.1 Å². The predicted octanol–water partition coefficient (Wildman–Crippen LogP) is 5.14. The van der Waals surface area contributed by atoms with Gasteiger partial charge < -0.3 is 50.8 Å². The lowest BCUT2D eigenvalue weighted by molar-refractivity contribution is -0.155. The summed E-state index contributed by atoms with van der Waals surface area (Å²) in [5, 5.41) is 19.7. The number of carbonyl (C=O) groups excluding carboxylic acids is 10. The molecule has 0 aliphatic heterocycles. The Labute approximate surface area is 475 Å². The number of amides is 6. The summed E-state index contributed by atoms with van der Waals surface area (Å²) in [6, 6.07) is 46.8. The van der Waals surface area contributed by atoms with Gasteiger partial charge >= 0.3 is 23.9 Å². The molecule has 6 N–H and O–H groups in total. The van der Waals surface area contributed by atoms with E-state index >= 15 is 0 Å². The van der Waals surface area contributed by atoms with Gasteiger partial charge in [0.05, 0.1) is 38.9 Å². The molecule has 3 unspecified atom stereocenters. The van der Waals surface area contributed by atoms with Crippen LogP contribution in [0.15, 0.2) is 176 Å². The van der Waals surface area contributed by atoms with E-state index in [1.165, 1.54) is 0 Å². The quantitative estimate of drug-likeness (QED) is 0.0221. The number of hydrogen-bond acceptors (Lipinski definition) is 14. The smallest absolute Gasteiger partial charge is 0.329 e. The standard InChI is InChI=1S/C63H58N6O14/c70-52(64-33-53(71)68-50(62(78)82-38-42-18-9-3-10-19-42)31-56(74)80-36-40-14-5-1-6-15-40)30-49(67-54(72)34-65-60(76)48-29-27-46-25-24-44-22-13-23-45-26-28-47(48)59(46)58(44)45)61(77)66-35-55(73)69-51(63(79)83-39-43-20-11-4-12-21-43)32-57(75)81-37-41-16-7-2-8-17-41/h1-29,49-51H,30-39H2,(H,64,70)(H,65,76)(H,66,77)(H,67,72)(H,68,71)(H,69,73). The van der Waals surface area contributed by atoms with E-state index in [4.69, 9.17) is 18.9 Å². The maximum absolute atomic E-state index is 13.9. The average molecular weight is 1120 g/mol. The number of rotatable bonds is 27. The molecule has 0 aliphatic carbocycles. The van der Waals surface area contributed by atoms with E-state index in [0.717, 1.165) is 26.9 Å². The first-order valence-corrected chi connectivity index (χ1v) is 26.4. The minimum absolute atomic E-state index is 0.116. The lowest BCUT2D eigenvalue weighted by Gasteiger charge is -2.20. The number of nitrogens with one attached hydrogen (secondary N) is 6. The molecular weight excluding hydrogens is 1060 g/mol. The van der Waals surface area contributed by atoms with Crippen LogP contribution in [0.25, 0.3) is 32.3 Å². The summed E-state index contributed by atoms with van der Waals surface area (Å²) >= 11 is 0. The summed E-state index contributed by atoms with van der Waals surface area (Å²) < 4.78 is 21.5. The van der Waals surface area contributed by atoms with Crippen LogP contribution in [0.4, 0.5) is 0 Å². The van der Waals surface area contributed by atoms with E-state index in [-0.39, 0.29) is 32.0 Å². The molecule has 0 fully saturated rings. The molecule has 20 heteroatoms. The molecule has 8 aromatic rings. The zero-order chi connectivity index (χ0) is 58.5. The van der Waals surface area contributed by atoms with Crippen molar-refractivity contribution in [2.45, 2.75) is 63.8 Å². The molecule has 0 radical (unpaired) electrons. The van der Waals surface area contributed by atoms with E-state index in [1.54, 1.807) is 133 Å². The second kappa shape index (κ2) is 29.1. The number of benzene rings is 8. The molecule has 0 bridgehead atoms. The lowest BCUT2D eigenvalue weighted by atomic mass is 9.92. The van der Waals surface area contributed by atoms with Crippen LogP contribution in [0.1, 0.15) is 51.9 Å². The van der Waals surface area contributed by atoms with Crippen LogP contribution in [0.2, 0.25) is 0 Å². The molecule has 0 spiro atoms. The van der Waals surface area contributed by atoms with Crippen LogP contribution in [0.3, 0.4) is 0 Å². The third-order valence-electron chi connectivity index (χ3n) is 13.0. The van der Waals surface area contributed by atoms with Crippen molar-refractivity contribution in [1.29, 1.82) is 0 Å². The minimum Gasteiger partial charge on any atom is -0.461 e. The van der Waals surface area contributed by atoms with Gasteiger partial charge in [-0.15, -0.1) is 0 Å². The third kappa shape index (κ3) is 17.2. The lowest BCUT2D eigenvalue weighted by Crippen LogP contribution is -2.54. The Kier molecular flexibility index (Phi) is 20.6. The van der Waals surface area contributed by atoms with Crippen molar-refractivity contribution in [3.63, 3.8) is 0 Å². The average Bonchev–Trinajstić information content (AvgIpc) is 3.17. The Morgan fingerprint density at radius 2 is 0.723 bits per heavy atom. The number of carbonyl (C=O) groups is 10. The number of ether oxygens (including phenoxy) is 4. The summed E-state index contributed by atoms with van der Waals surface area (Å²) in [6.07, 6.45) is -2.13. The van der Waals surface area contributed by atoms with Crippen molar-refractivity contribution in [2.24, 2.45) is 0 Å². The van der Waals surface area contributed by atoms with Gasteiger partial charge in [0.1, 0.15) is 44.6 Å². The van der Waals surface area contributed by atoms with E-state index in [9.17, 15) is 47.9 Å². The van der Waals surface area contributed by atoms with Crippen LogP contribution >= 0.6 is 0 Å². The van der Waals surface area contributed by atoms with Gasteiger partial charge in [-0.3, -0.25) is 38.4 Å². The first kappa shape index (κ1) is 58.6. The van der Waals surface area contributed by atoms with Crippen LogP contribution in [-0.2, 0) is 88.5 Å². The fourth-order valence-corrected chi connectivity index (χ4v) is 8.83. The van der Waals surface area contributed by atoms with E-state index in [1.807, 2.05) is 42.5 Å². The Balaban J connectivity index is 0.922. The highest BCUT2D eigenvalue weighted by molar-refractivity contribution is 6.26. The maximum Gasteiger partial charge on any atom is 0.329 e. The fourth-order valence-electron chi connectivity index (χ4n) is 8.83.